The van der Waals surface area contributed by atoms with Crippen molar-refractivity contribution in [3.8, 4) is 0 Å². The van der Waals surface area contributed by atoms with Crippen LogP contribution in [0.4, 0.5) is 0 Å². The highest BCUT2D eigenvalue weighted by atomic mass is 35.5. The van der Waals surface area contributed by atoms with Gasteiger partial charge in [0.05, 0.1) is 0 Å². The predicted octanol–water partition coefficient (Wildman–Crippen LogP) is 3.77. The van der Waals surface area contributed by atoms with Gasteiger partial charge >= 0.3 is 0 Å². The lowest BCUT2D eigenvalue weighted by atomic mass is 9.82. The lowest BCUT2D eigenvalue weighted by Crippen LogP contribution is -2.42. The third kappa shape index (κ3) is 3.50. The fourth-order valence-electron chi connectivity index (χ4n) is 2.75. The monoisotopic (exact) mass is 280 g/mol. The van der Waals surface area contributed by atoms with Crippen LogP contribution in [-0.4, -0.2) is 24.5 Å². The van der Waals surface area contributed by atoms with Crippen molar-refractivity contribution in [2.24, 2.45) is 11.1 Å². The first kappa shape index (κ1) is 14.8. The Balaban J connectivity index is 2.14. The normalized spacial score (nSPS) is 21.3. The van der Waals surface area contributed by atoms with Crippen LogP contribution in [0.5, 0.6) is 0 Å². The molecule has 2 nitrogen and oxygen atoms in total. The second-order valence-corrected chi connectivity index (χ2v) is 6.87. The minimum absolute atomic E-state index is 0.300. The summed E-state index contributed by atoms with van der Waals surface area (Å²) in [5, 5.41) is 0.841. The lowest BCUT2D eigenvalue weighted by molar-refractivity contribution is 0.0964. The average Bonchev–Trinajstić information content (AvgIpc) is 2.36. The molecule has 1 aliphatic heterocycles. The van der Waals surface area contributed by atoms with Gasteiger partial charge in [0.2, 0.25) is 0 Å². The number of nitrogens with two attached hydrogens (primary N) is 1. The first-order valence-electron chi connectivity index (χ1n) is 7.13. The van der Waals surface area contributed by atoms with E-state index in [0.717, 1.165) is 23.7 Å². The molecule has 1 aromatic carbocycles. The minimum atomic E-state index is 0.300. The number of halogens is 1. The first-order valence-corrected chi connectivity index (χ1v) is 7.51. The summed E-state index contributed by atoms with van der Waals surface area (Å²) in [7, 11) is 0. The number of rotatable bonds is 3. The van der Waals surface area contributed by atoms with Gasteiger partial charge in [-0.3, -0.25) is 4.90 Å². The average molecular weight is 281 g/mol. The minimum Gasteiger partial charge on any atom is -0.329 e. The van der Waals surface area contributed by atoms with Gasteiger partial charge in [0.15, 0.2) is 0 Å². The third-order valence-corrected chi connectivity index (χ3v) is 4.80. The molecule has 19 heavy (non-hydrogen) atoms. The molecule has 2 N–H and O–H groups in total. The quantitative estimate of drug-likeness (QED) is 0.913. The summed E-state index contributed by atoms with van der Waals surface area (Å²) in [6, 6.07) is 6.63. The molecule has 1 heterocycles. The van der Waals surface area contributed by atoms with Crippen molar-refractivity contribution in [1.82, 2.24) is 4.90 Å². The number of piperidine rings is 1. The number of aryl methyl sites for hydroxylation is 1. The summed E-state index contributed by atoms with van der Waals surface area (Å²) in [4.78, 5) is 2.51. The molecule has 1 atom stereocenters. The van der Waals surface area contributed by atoms with Crippen molar-refractivity contribution in [1.29, 1.82) is 0 Å². The highest BCUT2D eigenvalue weighted by Crippen LogP contribution is 2.34. The van der Waals surface area contributed by atoms with E-state index in [9.17, 15) is 0 Å². The molecule has 0 bridgehead atoms. The fourth-order valence-corrected chi connectivity index (χ4v) is 2.94. The SMILES string of the molecule is Cc1ccc(C(CN)N2CCC(C)(C)CC2)cc1Cl. The van der Waals surface area contributed by atoms with Gasteiger partial charge in [0, 0.05) is 17.6 Å². The van der Waals surface area contributed by atoms with Crippen LogP contribution in [0.1, 0.15) is 43.9 Å². The Labute approximate surface area is 121 Å². The Morgan fingerprint density at radius 3 is 2.47 bits per heavy atom. The van der Waals surface area contributed by atoms with Gasteiger partial charge in [-0.1, -0.05) is 37.6 Å². The van der Waals surface area contributed by atoms with Crippen LogP contribution in [0.15, 0.2) is 18.2 Å². The summed E-state index contributed by atoms with van der Waals surface area (Å²) in [6.45, 7) is 9.64. The largest absolute Gasteiger partial charge is 0.329 e. The second-order valence-electron chi connectivity index (χ2n) is 6.46. The molecule has 0 spiro atoms. The second kappa shape index (κ2) is 5.82. The topological polar surface area (TPSA) is 29.3 Å². The van der Waals surface area contributed by atoms with Gasteiger partial charge in [0.25, 0.3) is 0 Å². The van der Waals surface area contributed by atoms with Crippen LogP contribution < -0.4 is 5.73 Å². The van der Waals surface area contributed by atoms with Gasteiger partial charge in [-0.15, -0.1) is 0 Å². The Morgan fingerprint density at radius 1 is 1.32 bits per heavy atom. The first-order chi connectivity index (χ1) is 8.93. The van der Waals surface area contributed by atoms with E-state index in [0.29, 0.717) is 18.0 Å². The zero-order chi connectivity index (χ0) is 14.0. The standard InChI is InChI=1S/C16H25ClN2/c1-12-4-5-13(10-14(12)17)15(11-18)19-8-6-16(2,3)7-9-19/h4-5,10,15H,6-9,11,18H2,1-3H3. The van der Waals surface area contributed by atoms with Gasteiger partial charge in [-0.05, 0) is 55.5 Å². The van der Waals surface area contributed by atoms with Crippen molar-refractivity contribution in [2.45, 2.75) is 39.7 Å². The molecule has 2 rings (SSSR count). The van der Waals surface area contributed by atoms with Crippen LogP contribution in [0, 0.1) is 12.3 Å². The Hall–Kier alpha value is -0.570. The summed E-state index contributed by atoms with van der Waals surface area (Å²) < 4.78 is 0. The Morgan fingerprint density at radius 2 is 1.95 bits per heavy atom. The van der Waals surface area contributed by atoms with E-state index in [1.54, 1.807) is 0 Å². The van der Waals surface area contributed by atoms with E-state index in [-0.39, 0.29) is 0 Å². The molecule has 1 fully saturated rings. The van der Waals surface area contributed by atoms with Crippen LogP contribution in [0.3, 0.4) is 0 Å². The number of hydrogen-bond donors (Lipinski definition) is 1. The molecule has 106 valence electrons. The van der Waals surface area contributed by atoms with E-state index >= 15 is 0 Å². The lowest BCUT2D eigenvalue weighted by Gasteiger charge is -2.41. The molecule has 0 saturated carbocycles. The van der Waals surface area contributed by atoms with Crippen LogP contribution in [-0.2, 0) is 0 Å². The molecule has 0 aromatic heterocycles. The predicted molar refractivity (Wildman–Crippen MR) is 82.6 cm³/mol. The molecular formula is C16H25ClN2. The Bertz CT molecular complexity index is 432. The highest BCUT2D eigenvalue weighted by molar-refractivity contribution is 6.31. The van der Waals surface area contributed by atoms with Crippen LogP contribution >= 0.6 is 11.6 Å². The summed E-state index contributed by atoms with van der Waals surface area (Å²) in [5.74, 6) is 0. The van der Waals surface area contributed by atoms with E-state index in [4.69, 9.17) is 17.3 Å². The molecule has 3 heteroatoms. The van der Waals surface area contributed by atoms with Crippen molar-refractivity contribution < 1.29 is 0 Å². The van der Waals surface area contributed by atoms with Crippen molar-refractivity contribution in [2.75, 3.05) is 19.6 Å². The summed E-state index contributed by atoms with van der Waals surface area (Å²) >= 11 is 6.24. The van der Waals surface area contributed by atoms with E-state index in [1.165, 1.54) is 18.4 Å². The van der Waals surface area contributed by atoms with Crippen LogP contribution in [0.25, 0.3) is 0 Å². The number of benzene rings is 1. The smallest absolute Gasteiger partial charge is 0.0470 e. The molecular weight excluding hydrogens is 256 g/mol. The van der Waals surface area contributed by atoms with Crippen molar-refractivity contribution in [3.05, 3.63) is 34.3 Å². The number of nitrogens with zero attached hydrogens (tertiary/aromatic N) is 1. The molecule has 1 unspecified atom stereocenters. The van der Waals surface area contributed by atoms with E-state index in [1.807, 2.05) is 6.92 Å². The maximum Gasteiger partial charge on any atom is 0.0470 e. The summed E-state index contributed by atoms with van der Waals surface area (Å²) in [5.41, 5.74) is 8.85. The molecule has 0 amide bonds. The zero-order valence-electron chi connectivity index (χ0n) is 12.2. The van der Waals surface area contributed by atoms with Crippen molar-refractivity contribution >= 4 is 11.6 Å². The van der Waals surface area contributed by atoms with Gasteiger partial charge in [-0.25, -0.2) is 0 Å². The van der Waals surface area contributed by atoms with Gasteiger partial charge in [-0.2, -0.15) is 0 Å². The van der Waals surface area contributed by atoms with Gasteiger partial charge < -0.3 is 5.73 Å². The maximum absolute atomic E-state index is 6.24. The van der Waals surface area contributed by atoms with E-state index < -0.39 is 0 Å². The third-order valence-electron chi connectivity index (χ3n) is 4.40. The van der Waals surface area contributed by atoms with Crippen molar-refractivity contribution in [3.63, 3.8) is 0 Å². The van der Waals surface area contributed by atoms with E-state index in [2.05, 4.69) is 36.9 Å². The number of hydrogen-bond acceptors (Lipinski definition) is 2. The number of likely N-dealkylation sites (tertiary alicyclic amines) is 1. The Kier molecular flexibility index (Phi) is 4.54. The highest BCUT2D eigenvalue weighted by Gasteiger charge is 2.29. The maximum atomic E-state index is 6.24. The fraction of sp³-hybridized carbons (Fsp3) is 0.625. The zero-order valence-corrected chi connectivity index (χ0v) is 13.0. The molecule has 0 aliphatic carbocycles. The summed E-state index contributed by atoms with van der Waals surface area (Å²) in [6.07, 6.45) is 2.48. The van der Waals surface area contributed by atoms with Crippen LogP contribution in [0.2, 0.25) is 5.02 Å². The molecule has 1 aromatic rings. The van der Waals surface area contributed by atoms with Gasteiger partial charge in [0.1, 0.15) is 0 Å². The molecule has 1 saturated heterocycles. The molecule has 1 aliphatic rings. The molecule has 0 radical (unpaired) electrons.